The molecule has 1 rings (SSSR count). The molecule has 1 N–H and O–H groups in total. The zero-order valence-corrected chi connectivity index (χ0v) is 8.73. The number of hydrogen-bond acceptors (Lipinski definition) is 3. The molecular weight excluding hydrogens is 192 g/mol. The molecule has 0 fully saturated rings. The van der Waals surface area contributed by atoms with Gasteiger partial charge in [-0.05, 0) is 6.92 Å². The second-order valence-electron chi connectivity index (χ2n) is 2.94. The van der Waals surface area contributed by atoms with Gasteiger partial charge in [-0.25, -0.2) is 0 Å². The second-order valence-corrected chi connectivity index (χ2v) is 2.94. The fourth-order valence-electron chi connectivity index (χ4n) is 1.05. The zero-order chi connectivity index (χ0) is 10.9. The van der Waals surface area contributed by atoms with E-state index in [1.54, 1.807) is 24.0 Å². The predicted octanol–water partition coefficient (Wildman–Crippen LogP) is 0.198. The smallest absolute Gasteiger partial charge is 0.221 e. The summed E-state index contributed by atoms with van der Waals surface area (Å²) < 4.78 is 1.63. The highest BCUT2D eigenvalue weighted by molar-refractivity contribution is 5.75. The fraction of sp³-hybridized carbons (Fsp3) is 0.500. The summed E-state index contributed by atoms with van der Waals surface area (Å²) in [4.78, 5) is 11.3. The fourth-order valence-corrected chi connectivity index (χ4v) is 1.05. The van der Waals surface area contributed by atoms with E-state index in [4.69, 9.17) is 0 Å². The SMILES string of the molecule is CC#CCCNC(=O)CCn1ccnn1. The van der Waals surface area contributed by atoms with Gasteiger partial charge in [0.1, 0.15) is 0 Å². The summed E-state index contributed by atoms with van der Waals surface area (Å²) in [6.07, 6.45) is 4.44. The number of nitrogens with one attached hydrogen (secondary N) is 1. The molecule has 0 aliphatic carbocycles. The van der Waals surface area contributed by atoms with Crippen LogP contribution in [0.25, 0.3) is 0 Å². The van der Waals surface area contributed by atoms with E-state index >= 15 is 0 Å². The van der Waals surface area contributed by atoms with Crippen molar-refractivity contribution in [3.05, 3.63) is 12.4 Å². The minimum absolute atomic E-state index is 0.0170. The Morgan fingerprint density at radius 1 is 1.60 bits per heavy atom. The quantitative estimate of drug-likeness (QED) is 0.553. The molecule has 0 aliphatic rings. The average Bonchev–Trinajstić information content (AvgIpc) is 2.74. The van der Waals surface area contributed by atoms with Crippen molar-refractivity contribution in [3.8, 4) is 11.8 Å². The van der Waals surface area contributed by atoms with Crippen molar-refractivity contribution in [2.75, 3.05) is 6.54 Å². The first-order valence-electron chi connectivity index (χ1n) is 4.83. The third kappa shape index (κ3) is 4.81. The van der Waals surface area contributed by atoms with E-state index in [1.165, 1.54) is 0 Å². The molecule has 5 nitrogen and oxygen atoms in total. The van der Waals surface area contributed by atoms with Crippen LogP contribution in [-0.2, 0) is 11.3 Å². The maximum atomic E-state index is 11.3. The van der Waals surface area contributed by atoms with E-state index in [0.717, 1.165) is 0 Å². The Morgan fingerprint density at radius 2 is 2.47 bits per heavy atom. The highest BCUT2D eigenvalue weighted by Gasteiger charge is 2.00. The van der Waals surface area contributed by atoms with Gasteiger partial charge in [0.25, 0.3) is 0 Å². The first kappa shape index (κ1) is 11.2. The lowest BCUT2D eigenvalue weighted by Crippen LogP contribution is -2.25. The Labute approximate surface area is 88.9 Å². The summed E-state index contributed by atoms with van der Waals surface area (Å²) in [5.74, 6) is 5.67. The maximum Gasteiger partial charge on any atom is 0.221 e. The molecule has 0 saturated carbocycles. The zero-order valence-electron chi connectivity index (χ0n) is 8.73. The molecule has 15 heavy (non-hydrogen) atoms. The van der Waals surface area contributed by atoms with Crippen LogP contribution >= 0.6 is 0 Å². The molecule has 1 aromatic heterocycles. The van der Waals surface area contributed by atoms with Gasteiger partial charge >= 0.3 is 0 Å². The Bertz CT molecular complexity index is 347. The lowest BCUT2D eigenvalue weighted by molar-refractivity contribution is -0.121. The van der Waals surface area contributed by atoms with Crippen LogP contribution in [0.5, 0.6) is 0 Å². The molecule has 0 saturated heterocycles. The van der Waals surface area contributed by atoms with Crippen molar-refractivity contribution in [1.29, 1.82) is 0 Å². The van der Waals surface area contributed by atoms with Crippen LogP contribution < -0.4 is 5.32 Å². The van der Waals surface area contributed by atoms with Crippen molar-refractivity contribution >= 4 is 5.91 Å². The first-order chi connectivity index (χ1) is 7.33. The van der Waals surface area contributed by atoms with Crippen LogP contribution in [0, 0.1) is 11.8 Å². The third-order valence-electron chi connectivity index (χ3n) is 1.79. The minimum atomic E-state index is 0.0170. The molecular formula is C10H14N4O. The number of aryl methyl sites for hydroxylation is 1. The Balaban J connectivity index is 2.10. The standard InChI is InChI=1S/C10H14N4O/c1-2-3-4-6-11-10(15)5-8-14-9-7-12-13-14/h7,9H,4-6,8H2,1H3,(H,11,15). The van der Waals surface area contributed by atoms with Gasteiger partial charge in [0.15, 0.2) is 0 Å². The van der Waals surface area contributed by atoms with Crippen molar-refractivity contribution in [2.24, 2.45) is 0 Å². The number of rotatable bonds is 5. The number of carbonyl (C=O) groups is 1. The summed E-state index contributed by atoms with van der Waals surface area (Å²) in [6, 6.07) is 0. The van der Waals surface area contributed by atoms with Crippen LogP contribution in [0.3, 0.4) is 0 Å². The highest BCUT2D eigenvalue weighted by Crippen LogP contribution is 1.87. The van der Waals surface area contributed by atoms with E-state index in [0.29, 0.717) is 25.9 Å². The minimum Gasteiger partial charge on any atom is -0.355 e. The van der Waals surface area contributed by atoms with Crippen molar-refractivity contribution in [3.63, 3.8) is 0 Å². The van der Waals surface area contributed by atoms with Crippen LogP contribution in [0.1, 0.15) is 19.8 Å². The topological polar surface area (TPSA) is 59.8 Å². The second kappa shape index (κ2) is 6.60. The summed E-state index contributed by atoms with van der Waals surface area (Å²) in [7, 11) is 0. The number of hydrogen-bond donors (Lipinski definition) is 1. The van der Waals surface area contributed by atoms with Gasteiger partial charge in [-0.1, -0.05) is 5.21 Å². The van der Waals surface area contributed by atoms with Gasteiger partial charge in [-0.15, -0.1) is 16.9 Å². The van der Waals surface area contributed by atoms with Crippen molar-refractivity contribution in [1.82, 2.24) is 20.3 Å². The van der Waals surface area contributed by atoms with Crippen LogP contribution in [-0.4, -0.2) is 27.4 Å². The number of carbonyl (C=O) groups excluding carboxylic acids is 1. The van der Waals surface area contributed by atoms with E-state index in [2.05, 4.69) is 27.5 Å². The maximum absolute atomic E-state index is 11.3. The number of amides is 1. The van der Waals surface area contributed by atoms with Gasteiger partial charge in [-0.3, -0.25) is 9.48 Å². The Morgan fingerprint density at radius 3 is 3.13 bits per heavy atom. The summed E-state index contributed by atoms with van der Waals surface area (Å²) in [6.45, 7) is 2.95. The molecule has 0 unspecified atom stereocenters. The molecule has 0 aromatic carbocycles. The molecule has 0 spiro atoms. The van der Waals surface area contributed by atoms with Crippen LogP contribution in [0.2, 0.25) is 0 Å². The van der Waals surface area contributed by atoms with Crippen molar-refractivity contribution in [2.45, 2.75) is 26.3 Å². The first-order valence-corrected chi connectivity index (χ1v) is 4.83. The molecule has 0 radical (unpaired) electrons. The van der Waals surface area contributed by atoms with E-state index in [-0.39, 0.29) is 5.91 Å². The Kier molecular flexibility index (Phi) is 4.95. The van der Waals surface area contributed by atoms with Gasteiger partial charge in [-0.2, -0.15) is 0 Å². The van der Waals surface area contributed by atoms with Gasteiger partial charge in [0.05, 0.1) is 12.7 Å². The molecule has 5 heteroatoms. The lowest BCUT2D eigenvalue weighted by Gasteiger charge is -2.02. The average molecular weight is 206 g/mol. The summed E-state index contributed by atoms with van der Waals surface area (Å²) in [5, 5.41) is 10.2. The van der Waals surface area contributed by atoms with E-state index in [9.17, 15) is 4.79 Å². The highest BCUT2D eigenvalue weighted by atomic mass is 16.1. The normalized spacial score (nSPS) is 9.13. The Hall–Kier alpha value is -1.83. The van der Waals surface area contributed by atoms with Crippen LogP contribution in [0.15, 0.2) is 12.4 Å². The van der Waals surface area contributed by atoms with E-state index in [1.807, 2.05) is 0 Å². The predicted molar refractivity (Wildman–Crippen MR) is 55.7 cm³/mol. The molecule has 1 heterocycles. The third-order valence-corrected chi connectivity index (χ3v) is 1.79. The number of aromatic nitrogens is 3. The van der Waals surface area contributed by atoms with Gasteiger partial charge in [0.2, 0.25) is 5.91 Å². The largest absolute Gasteiger partial charge is 0.355 e. The summed E-state index contributed by atoms with van der Waals surface area (Å²) >= 11 is 0. The van der Waals surface area contributed by atoms with Gasteiger partial charge in [0, 0.05) is 25.6 Å². The molecule has 1 amide bonds. The molecule has 0 aliphatic heterocycles. The van der Waals surface area contributed by atoms with Crippen LogP contribution in [0.4, 0.5) is 0 Å². The van der Waals surface area contributed by atoms with E-state index < -0.39 is 0 Å². The molecule has 0 atom stereocenters. The number of nitrogens with zero attached hydrogens (tertiary/aromatic N) is 3. The van der Waals surface area contributed by atoms with Gasteiger partial charge < -0.3 is 5.32 Å². The molecule has 0 bridgehead atoms. The lowest BCUT2D eigenvalue weighted by atomic mass is 10.3. The van der Waals surface area contributed by atoms with Crippen molar-refractivity contribution < 1.29 is 4.79 Å². The molecule has 80 valence electrons. The monoisotopic (exact) mass is 206 g/mol. The molecule has 1 aromatic rings. The summed E-state index contributed by atoms with van der Waals surface area (Å²) in [5.41, 5.74) is 0.